The molecule has 1 unspecified atom stereocenters. The van der Waals surface area contributed by atoms with Gasteiger partial charge in [-0.15, -0.1) is 0 Å². The third kappa shape index (κ3) is 9.72. The maximum atomic E-state index is 13.2. The first-order valence-electron chi connectivity index (χ1n) is 12.4. The van der Waals surface area contributed by atoms with Crippen LogP contribution in [0.1, 0.15) is 51.7 Å². The van der Waals surface area contributed by atoms with Crippen molar-refractivity contribution < 1.29 is 22.7 Å². The molecule has 2 aromatic rings. The van der Waals surface area contributed by atoms with Crippen LogP contribution in [-0.4, -0.2) is 57.0 Å². The number of aryl methyl sites for hydroxylation is 1. The van der Waals surface area contributed by atoms with Gasteiger partial charge in [-0.25, -0.2) is 13.1 Å². The van der Waals surface area contributed by atoms with Crippen molar-refractivity contribution in [2.75, 3.05) is 19.7 Å². The topological polar surface area (TPSA) is 105 Å². The molecule has 2 rings (SSSR count). The molecule has 0 saturated carbocycles. The molecular formula is C27H39N3O5S. The second-order valence-corrected chi connectivity index (χ2v) is 10.7. The van der Waals surface area contributed by atoms with Gasteiger partial charge in [0.15, 0.2) is 0 Å². The lowest BCUT2D eigenvalue weighted by Gasteiger charge is -2.29. The Morgan fingerprint density at radius 2 is 1.64 bits per heavy atom. The molecule has 36 heavy (non-hydrogen) atoms. The zero-order valence-corrected chi connectivity index (χ0v) is 22.5. The Kier molecular flexibility index (Phi) is 12.1. The third-order valence-corrected chi connectivity index (χ3v) is 7.19. The molecule has 0 aromatic heterocycles. The number of hydrogen-bond donors (Lipinski definition) is 2. The first kappa shape index (κ1) is 29.5. The SMILES string of the molecule is CCNS(=O)(=O)c1ccc(CCC(=O)N(Cc2ccccc2)C(C)C(=O)NCCCOC(C)C)cc1. The first-order valence-corrected chi connectivity index (χ1v) is 13.9. The monoisotopic (exact) mass is 517 g/mol. The van der Waals surface area contributed by atoms with E-state index in [0.717, 1.165) is 11.1 Å². The van der Waals surface area contributed by atoms with Crippen molar-refractivity contribution in [2.45, 2.75) is 70.5 Å². The van der Waals surface area contributed by atoms with Crippen molar-refractivity contribution in [1.29, 1.82) is 0 Å². The van der Waals surface area contributed by atoms with Crippen molar-refractivity contribution >= 4 is 21.8 Å². The molecule has 8 nitrogen and oxygen atoms in total. The second-order valence-electron chi connectivity index (χ2n) is 8.89. The number of carbonyl (C=O) groups is 2. The van der Waals surface area contributed by atoms with E-state index in [-0.39, 0.29) is 29.2 Å². The van der Waals surface area contributed by atoms with E-state index in [4.69, 9.17) is 4.74 Å². The van der Waals surface area contributed by atoms with Crippen LogP contribution in [0.2, 0.25) is 0 Å². The number of nitrogens with one attached hydrogen (secondary N) is 2. The van der Waals surface area contributed by atoms with E-state index in [1.807, 2.05) is 44.2 Å². The van der Waals surface area contributed by atoms with E-state index < -0.39 is 16.1 Å². The summed E-state index contributed by atoms with van der Waals surface area (Å²) in [6.45, 7) is 9.07. The Bertz CT molecular complexity index is 1060. The molecule has 0 radical (unpaired) electrons. The van der Waals surface area contributed by atoms with Crippen LogP contribution in [-0.2, 0) is 37.3 Å². The fourth-order valence-electron chi connectivity index (χ4n) is 3.62. The third-order valence-electron chi connectivity index (χ3n) is 5.63. The Hall–Kier alpha value is -2.75. The highest BCUT2D eigenvalue weighted by Gasteiger charge is 2.25. The van der Waals surface area contributed by atoms with Gasteiger partial charge in [0.1, 0.15) is 6.04 Å². The fourth-order valence-corrected chi connectivity index (χ4v) is 4.66. The lowest BCUT2D eigenvalue weighted by molar-refractivity contribution is -0.140. The second kappa shape index (κ2) is 14.7. The standard InChI is InChI=1S/C27H39N3O5S/c1-5-29-36(33,34)25-15-12-23(13-16-25)14-17-26(31)30(20-24-10-7-6-8-11-24)22(4)27(32)28-18-9-19-35-21(2)3/h6-8,10-13,15-16,21-22,29H,5,9,14,17-20H2,1-4H3,(H,28,32). The van der Waals surface area contributed by atoms with Crippen molar-refractivity contribution in [3.63, 3.8) is 0 Å². The van der Waals surface area contributed by atoms with E-state index in [1.54, 1.807) is 43.0 Å². The van der Waals surface area contributed by atoms with Gasteiger partial charge >= 0.3 is 0 Å². The van der Waals surface area contributed by atoms with E-state index in [1.165, 1.54) is 0 Å². The molecule has 0 aliphatic rings. The van der Waals surface area contributed by atoms with Crippen LogP contribution in [0.5, 0.6) is 0 Å². The van der Waals surface area contributed by atoms with Gasteiger partial charge in [-0.1, -0.05) is 49.4 Å². The largest absolute Gasteiger partial charge is 0.379 e. The van der Waals surface area contributed by atoms with E-state index in [0.29, 0.717) is 39.1 Å². The molecule has 0 heterocycles. The van der Waals surface area contributed by atoms with Crippen molar-refractivity contribution in [1.82, 2.24) is 14.9 Å². The predicted molar refractivity (Wildman–Crippen MR) is 141 cm³/mol. The minimum absolute atomic E-state index is 0.144. The number of sulfonamides is 1. The van der Waals surface area contributed by atoms with Gasteiger partial charge in [0, 0.05) is 32.7 Å². The molecule has 9 heteroatoms. The van der Waals surface area contributed by atoms with Crippen LogP contribution in [0.4, 0.5) is 0 Å². The van der Waals surface area contributed by atoms with Crippen molar-refractivity contribution in [3.05, 3.63) is 65.7 Å². The van der Waals surface area contributed by atoms with Gasteiger partial charge in [0.25, 0.3) is 0 Å². The number of benzene rings is 2. The molecule has 0 aliphatic carbocycles. The minimum Gasteiger partial charge on any atom is -0.379 e. The number of rotatable bonds is 15. The van der Waals surface area contributed by atoms with Crippen LogP contribution in [0.25, 0.3) is 0 Å². The minimum atomic E-state index is -3.52. The summed E-state index contributed by atoms with van der Waals surface area (Å²) in [6, 6.07) is 15.4. The van der Waals surface area contributed by atoms with Crippen molar-refractivity contribution in [3.8, 4) is 0 Å². The van der Waals surface area contributed by atoms with Gasteiger partial charge in [0.2, 0.25) is 21.8 Å². The highest BCUT2D eigenvalue weighted by molar-refractivity contribution is 7.89. The van der Waals surface area contributed by atoms with E-state index in [2.05, 4.69) is 10.0 Å². The quantitative estimate of drug-likeness (QED) is 0.353. The number of carbonyl (C=O) groups excluding carboxylic acids is 2. The van der Waals surface area contributed by atoms with Crippen LogP contribution < -0.4 is 10.0 Å². The van der Waals surface area contributed by atoms with E-state index in [9.17, 15) is 18.0 Å². The molecule has 1 atom stereocenters. The number of hydrogen-bond acceptors (Lipinski definition) is 5. The lowest BCUT2D eigenvalue weighted by atomic mass is 10.1. The Morgan fingerprint density at radius 3 is 2.25 bits per heavy atom. The highest BCUT2D eigenvalue weighted by atomic mass is 32.2. The predicted octanol–water partition coefficient (Wildman–Crippen LogP) is 3.27. The average Bonchev–Trinajstić information content (AvgIpc) is 2.85. The normalized spacial score (nSPS) is 12.4. The summed E-state index contributed by atoms with van der Waals surface area (Å²) < 4.78 is 32.2. The molecular weight excluding hydrogens is 478 g/mol. The molecule has 0 saturated heterocycles. The zero-order valence-electron chi connectivity index (χ0n) is 21.7. The summed E-state index contributed by atoms with van der Waals surface area (Å²) in [4.78, 5) is 27.9. The molecule has 2 aromatic carbocycles. The number of nitrogens with zero attached hydrogens (tertiary/aromatic N) is 1. The molecule has 198 valence electrons. The summed E-state index contributed by atoms with van der Waals surface area (Å²) in [7, 11) is -3.52. The summed E-state index contributed by atoms with van der Waals surface area (Å²) in [5, 5.41) is 2.91. The highest BCUT2D eigenvalue weighted by Crippen LogP contribution is 2.15. The molecule has 2 N–H and O–H groups in total. The lowest BCUT2D eigenvalue weighted by Crippen LogP contribution is -2.48. The summed E-state index contributed by atoms with van der Waals surface area (Å²) >= 11 is 0. The van der Waals surface area contributed by atoms with Gasteiger partial charge in [-0.05, 0) is 56.9 Å². The first-order chi connectivity index (χ1) is 17.1. The summed E-state index contributed by atoms with van der Waals surface area (Å²) in [6.07, 6.45) is 1.48. The van der Waals surface area contributed by atoms with Gasteiger partial charge < -0.3 is 15.0 Å². The van der Waals surface area contributed by atoms with Crippen LogP contribution >= 0.6 is 0 Å². The molecule has 0 bridgehead atoms. The average molecular weight is 518 g/mol. The number of amides is 2. The van der Waals surface area contributed by atoms with Crippen LogP contribution in [0.3, 0.4) is 0 Å². The summed E-state index contributed by atoms with van der Waals surface area (Å²) in [5.41, 5.74) is 1.79. The Labute approximate surface area is 215 Å². The van der Waals surface area contributed by atoms with Gasteiger partial charge in [-0.3, -0.25) is 9.59 Å². The molecule has 2 amide bonds. The Morgan fingerprint density at radius 1 is 0.972 bits per heavy atom. The number of ether oxygens (including phenoxy) is 1. The molecule has 0 spiro atoms. The maximum absolute atomic E-state index is 13.2. The Balaban J connectivity index is 2.03. The smallest absolute Gasteiger partial charge is 0.242 e. The van der Waals surface area contributed by atoms with Gasteiger partial charge in [-0.2, -0.15) is 0 Å². The van der Waals surface area contributed by atoms with Crippen molar-refractivity contribution in [2.24, 2.45) is 0 Å². The van der Waals surface area contributed by atoms with Crippen LogP contribution in [0, 0.1) is 0 Å². The molecule has 0 fully saturated rings. The summed E-state index contributed by atoms with van der Waals surface area (Å²) in [5.74, 6) is -0.351. The maximum Gasteiger partial charge on any atom is 0.242 e. The fraction of sp³-hybridized carbons (Fsp3) is 0.481. The van der Waals surface area contributed by atoms with E-state index >= 15 is 0 Å². The van der Waals surface area contributed by atoms with Gasteiger partial charge in [0.05, 0.1) is 11.0 Å². The molecule has 0 aliphatic heterocycles. The zero-order chi connectivity index (χ0) is 26.6. The van der Waals surface area contributed by atoms with Crippen LogP contribution in [0.15, 0.2) is 59.5 Å².